The lowest BCUT2D eigenvalue weighted by Crippen LogP contribution is -2.18. The highest BCUT2D eigenvalue weighted by Gasteiger charge is 2.11. The Morgan fingerprint density at radius 3 is 2.65 bits per heavy atom. The molecule has 2 aromatic heterocycles. The van der Waals surface area contributed by atoms with Crippen molar-refractivity contribution in [2.75, 3.05) is 6.61 Å². The van der Waals surface area contributed by atoms with Gasteiger partial charge in [0, 0.05) is 18.3 Å². The van der Waals surface area contributed by atoms with E-state index in [-0.39, 0.29) is 39.6 Å². The van der Waals surface area contributed by atoms with Crippen molar-refractivity contribution >= 4 is 46.4 Å². The topological polar surface area (TPSA) is 69.9 Å². The predicted molar refractivity (Wildman–Crippen MR) is 98.2 cm³/mol. The van der Waals surface area contributed by atoms with E-state index in [1.807, 2.05) is 0 Å². The fourth-order valence-electron chi connectivity index (χ4n) is 2.12. The average Bonchev–Trinajstić information content (AvgIpc) is 2.62. The summed E-state index contributed by atoms with van der Waals surface area (Å²) in [6.07, 6.45) is 1.61. The first-order valence-corrected chi connectivity index (χ1v) is 8.48. The van der Waals surface area contributed by atoms with Gasteiger partial charge in [0.25, 0.3) is 5.56 Å². The third-order valence-corrected chi connectivity index (χ3v) is 4.34. The van der Waals surface area contributed by atoms with E-state index in [1.165, 1.54) is 22.6 Å². The number of benzene rings is 1. The summed E-state index contributed by atoms with van der Waals surface area (Å²) in [6.45, 7) is -0.540. The van der Waals surface area contributed by atoms with E-state index < -0.39 is 5.97 Å². The zero-order valence-electron chi connectivity index (χ0n) is 13.1. The molecule has 0 atom stereocenters. The van der Waals surface area contributed by atoms with Gasteiger partial charge < -0.3 is 9.47 Å². The van der Waals surface area contributed by atoms with Crippen LogP contribution in [-0.4, -0.2) is 22.0 Å². The summed E-state index contributed by atoms with van der Waals surface area (Å²) < 4.78 is 11.7. The summed E-state index contributed by atoms with van der Waals surface area (Å²) >= 11 is 17.7. The molecule has 134 valence electrons. The molecule has 0 amide bonds. The minimum absolute atomic E-state index is 0.155. The van der Waals surface area contributed by atoms with Gasteiger partial charge in [0.2, 0.25) is 0 Å². The van der Waals surface area contributed by atoms with Crippen molar-refractivity contribution in [1.29, 1.82) is 0 Å². The Hall–Kier alpha value is -2.28. The van der Waals surface area contributed by atoms with Crippen molar-refractivity contribution in [3.05, 3.63) is 73.7 Å². The number of pyridine rings is 1. The van der Waals surface area contributed by atoms with Crippen molar-refractivity contribution in [2.24, 2.45) is 0 Å². The molecular weight excluding hydrogens is 403 g/mol. The molecule has 0 spiro atoms. The monoisotopic (exact) mass is 412 g/mol. The molecule has 0 aliphatic heterocycles. The molecule has 1 aromatic carbocycles. The van der Waals surface area contributed by atoms with Gasteiger partial charge in [0.1, 0.15) is 18.0 Å². The van der Waals surface area contributed by atoms with Crippen molar-refractivity contribution < 1.29 is 14.3 Å². The Morgan fingerprint density at radius 2 is 1.85 bits per heavy atom. The Kier molecular flexibility index (Phi) is 5.66. The van der Waals surface area contributed by atoms with Crippen LogP contribution < -0.4 is 10.3 Å². The van der Waals surface area contributed by atoms with E-state index in [0.717, 1.165) is 0 Å². The van der Waals surface area contributed by atoms with Crippen molar-refractivity contribution in [3.63, 3.8) is 0 Å². The lowest BCUT2D eigenvalue weighted by atomic mass is 10.3. The Morgan fingerprint density at radius 1 is 1.08 bits per heavy atom. The lowest BCUT2D eigenvalue weighted by Gasteiger charge is -2.09. The normalized spacial score (nSPS) is 10.7. The summed E-state index contributed by atoms with van der Waals surface area (Å²) in [6, 6.07) is 9.29. The molecule has 0 saturated heterocycles. The van der Waals surface area contributed by atoms with Gasteiger partial charge in [-0.3, -0.25) is 9.20 Å². The molecule has 0 aliphatic rings. The number of halogens is 3. The van der Waals surface area contributed by atoms with E-state index in [4.69, 9.17) is 44.3 Å². The highest BCUT2D eigenvalue weighted by Crippen LogP contribution is 2.33. The second-order valence-corrected chi connectivity index (χ2v) is 6.38. The minimum Gasteiger partial charge on any atom is -0.480 e. The number of ether oxygens (including phenoxy) is 2. The van der Waals surface area contributed by atoms with Gasteiger partial charge in [0.15, 0.2) is 6.61 Å². The Bertz CT molecular complexity index is 1040. The van der Waals surface area contributed by atoms with Crippen LogP contribution in [0.1, 0.15) is 5.69 Å². The number of carbonyl (C=O) groups is 1. The Balaban J connectivity index is 1.61. The molecule has 0 unspecified atom stereocenters. The second-order valence-electron chi connectivity index (χ2n) is 5.16. The van der Waals surface area contributed by atoms with Crippen LogP contribution in [0.25, 0.3) is 5.65 Å². The number of carbonyl (C=O) groups excluding carboxylic acids is 1. The van der Waals surface area contributed by atoms with E-state index >= 15 is 0 Å². The highest BCUT2D eigenvalue weighted by atomic mass is 35.5. The van der Waals surface area contributed by atoms with Gasteiger partial charge in [-0.15, -0.1) is 0 Å². The summed E-state index contributed by atoms with van der Waals surface area (Å²) in [7, 11) is 0. The fourth-order valence-corrected chi connectivity index (χ4v) is 2.72. The third-order valence-electron chi connectivity index (χ3n) is 3.33. The van der Waals surface area contributed by atoms with Crippen LogP contribution in [0.3, 0.4) is 0 Å². The first-order valence-electron chi connectivity index (χ1n) is 7.34. The van der Waals surface area contributed by atoms with E-state index in [2.05, 4.69) is 4.98 Å². The molecule has 0 fully saturated rings. The van der Waals surface area contributed by atoms with Crippen LogP contribution in [0.15, 0.2) is 47.4 Å². The van der Waals surface area contributed by atoms with Crippen molar-refractivity contribution in [3.8, 4) is 5.75 Å². The standard InChI is InChI=1S/C17H11Cl3N2O4/c18-11-6-13(20)14(7-12(11)19)25-9-17(24)26-8-10-5-16(23)22-4-2-1-3-15(22)21-10/h1-7H,8-9H2. The average molecular weight is 414 g/mol. The molecule has 2 heterocycles. The molecule has 6 nitrogen and oxygen atoms in total. The molecule has 3 aromatic rings. The zero-order chi connectivity index (χ0) is 18.7. The quantitative estimate of drug-likeness (QED) is 0.470. The maximum atomic E-state index is 12.0. The number of fused-ring (bicyclic) bond motifs is 1. The first-order chi connectivity index (χ1) is 12.4. The molecule has 0 radical (unpaired) electrons. The second kappa shape index (κ2) is 7.95. The number of nitrogens with zero attached hydrogens (tertiary/aromatic N) is 2. The molecule has 0 saturated carbocycles. The highest BCUT2D eigenvalue weighted by molar-refractivity contribution is 6.43. The van der Waals surface area contributed by atoms with Crippen LogP contribution in [0.2, 0.25) is 15.1 Å². The van der Waals surface area contributed by atoms with Gasteiger partial charge in [-0.2, -0.15) is 0 Å². The third kappa shape index (κ3) is 4.27. The maximum Gasteiger partial charge on any atom is 0.344 e. The van der Waals surface area contributed by atoms with Gasteiger partial charge in [-0.1, -0.05) is 40.9 Å². The number of hydrogen-bond donors (Lipinski definition) is 0. The number of aromatic nitrogens is 2. The summed E-state index contributed by atoms with van der Waals surface area (Å²) in [5, 5.41) is 0.747. The zero-order valence-corrected chi connectivity index (χ0v) is 15.4. The molecular formula is C17H11Cl3N2O4. The summed E-state index contributed by atoms with van der Waals surface area (Å²) in [5.41, 5.74) is 0.535. The molecule has 0 bridgehead atoms. The van der Waals surface area contributed by atoms with Gasteiger partial charge >= 0.3 is 5.97 Å². The van der Waals surface area contributed by atoms with Crippen LogP contribution >= 0.6 is 34.8 Å². The molecule has 3 rings (SSSR count). The molecule has 9 heteroatoms. The van der Waals surface area contributed by atoms with Crippen molar-refractivity contribution in [2.45, 2.75) is 6.61 Å². The SMILES string of the molecule is O=C(COc1cc(Cl)c(Cl)cc1Cl)OCc1cc(=O)n2ccccc2n1. The Labute approximate surface area is 162 Å². The van der Waals surface area contributed by atoms with Crippen LogP contribution in [0.4, 0.5) is 0 Å². The van der Waals surface area contributed by atoms with Crippen LogP contribution in [0, 0.1) is 0 Å². The number of hydrogen-bond acceptors (Lipinski definition) is 5. The number of rotatable bonds is 5. The molecule has 0 aliphatic carbocycles. The van der Waals surface area contributed by atoms with Gasteiger partial charge in [-0.05, 0) is 18.2 Å². The largest absolute Gasteiger partial charge is 0.480 e. The van der Waals surface area contributed by atoms with Crippen molar-refractivity contribution in [1.82, 2.24) is 9.38 Å². The first kappa shape index (κ1) is 18.5. The number of esters is 1. The van der Waals surface area contributed by atoms with Crippen LogP contribution in [-0.2, 0) is 16.1 Å². The van der Waals surface area contributed by atoms with Crippen LogP contribution in [0.5, 0.6) is 5.75 Å². The van der Waals surface area contributed by atoms with E-state index in [1.54, 1.807) is 24.4 Å². The molecule has 26 heavy (non-hydrogen) atoms. The van der Waals surface area contributed by atoms with Gasteiger partial charge in [-0.25, -0.2) is 9.78 Å². The van der Waals surface area contributed by atoms with Gasteiger partial charge in [0.05, 0.1) is 20.8 Å². The smallest absolute Gasteiger partial charge is 0.344 e. The minimum atomic E-state index is -0.651. The predicted octanol–water partition coefficient (Wildman–Crippen LogP) is 3.78. The summed E-state index contributed by atoms with van der Waals surface area (Å²) in [5.74, 6) is -0.442. The van der Waals surface area contributed by atoms with E-state index in [0.29, 0.717) is 11.3 Å². The molecule has 0 N–H and O–H groups in total. The maximum absolute atomic E-state index is 12.0. The summed E-state index contributed by atoms with van der Waals surface area (Å²) in [4.78, 5) is 28.1. The van der Waals surface area contributed by atoms with E-state index in [9.17, 15) is 9.59 Å². The fraction of sp³-hybridized carbons (Fsp3) is 0.118. The lowest BCUT2D eigenvalue weighted by molar-refractivity contribution is -0.147.